The largest absolute Gasteiger partial charge is 0.397 e. The average molecular weight is 245 g/mol. The summed E-state index contributed by atoms with van der Waals surface area (Å²) < 4.78 is 1.97. The maximum absolute atomic E-state index is 12.1. The number of nitrogens with zero attached hydrogens (tertiary/aromatic N) is 2. The van der Waals surface area contributed by atoms with Crippen LogP contribution in [0.4, 0.5) is 5.69 Å². The lowest BCUT2D eigenvalue weighted by Crippen LogP contribution is -2.25. The lowest BCUT2D eigenvalue weighted by Gasteiger charge is -2.07. The highest BCUT2D eigenvalue weighted by Crippen LogP contribution is 2.37. The van der Waals surface area contributed by atoms with Gasteiger partial charge in [-0.05, 0) is 18.9 Å². The molecule has 6 nitrogen and oxygen atoms in total. The zero-order chi connectivity index (χ0) is 12.5. The Morgan fingerprint density at radius 1 is 1.61 bits per heavy atom. The van der Waals surface area contributed by atoms with Gasteiger partial charge in [0.05, 0.1) is 24.3 Å². The van der Waals surface area contributed by atoms with Gasteiger partial charge in [0.25, 0.3) is 5.91 Å². The lowest BCUT2D eigenvalue weighted by molar-refractivity contribution is 0.0941. The molecular formula is C12H15N5O. The monoisotopic (exact) mass is 245 g/mol. The quantitative estimate of drug-likeness (QED) is 0.752. The van der Waals surface area contributed by atoms with Crippen LogP contribution in [-0.2, 0) is 6.54 Å². The maximum Gasteiger partial charge on any atom is 0.268 e. The summed E-state index contributed by atoms with van der Waals surface area (Å²) in [5, 5.41) is 2.85. The number of rotatable bonds is 4. The van der Waals surface area contributed by atoms with Gasteiger partial charge >= 0.3 is 0 Å². The van der Waals surface area contributed by atoms with E-state index in [1.165, 1.54) is 0 Å². The fraction of sp³-hybridized carbons (Fsp3) is 0.333. The van der Waals surface area contributed by atoms with Gasteiger partial charge in [-0.1, -0.05) is 0 Å². The van der Waals surface area contributed by atoms with E-state index in [4.69, 9.17) is 5.73 Å². The van der Waals surface area contributed by atoms with Gasteiger partial charge in [0.2, 0.25) is 0 Å². The van der Waals surface area contributed by atoms with Crippen LogP contribution in [0.2, 0.25) is 0 Å². The molecule has 1 amide bonds. The summed E-state index contributed by atoms with van der Waals surface area (Å²) in [5.74, 6) is -0.104. The van der Waals surface area contributed by atoms with Gasteiger partial charge in [-0.3, -0.25) is 4.79 Å². The second-order valence-corrected chi connectivity index (χ2v) is 4.56. The highest BCUT2D eigenvalue weighted by Gasteiger charge is 2.27. The topological polar surface area (TPSA) is 88.7 Å². The van der Waals surface area contributed by atoms with Crippen molar-refractivity contribution in [2.45, 2.75) is 25.4 Å². The Hall–Kier alpha value is -2.24. The number of nitrogen functional groups attached to an aromatic ring is 1. The number of H-pyrrole nitrogens is 1. The molecule has 0 spiro atoms. The number of imidazole rings is 1. The van der Waals surface area contributed by atoms with E-state index in [9.17, 15) is 4.79 Å². The number of anilines is 1. The average Bonchev–Trinajstić information content (AvgIpc) is 2.92. The second kappa shape index (κ2) is 4.21. The molecule has 1 fully saturated rings. The maximum atomic E-state index is 12.1. The molecule has 2 heterocycles. The highest BCUT2D eigenvalue weighted by molar-refractivity contribution is 5.93. The van der Waals surface area contributed by atoms with Crippen LogP contribution in [0.15, 0.2) is 24.8 Å². The molecule has 1 aliphatic rings. The van der Waals surface area contributed by atoms with E-state index >= 15 is 0 Å². The van der Waals surface area contributed by atoms with E-state index in [-0.39, 0.29) is 5.91 Å². The molecule has 1 aliphatic carbocycles. The summed E-state index contributed by atoms with van der Waals surface area (Å²) in [6.45, 7) is 0.439. The van der Waals surface area contributed by atoms with Crippen molar-refractivity contribution in [1.29, 1.82) is 0 Å². The number of hydrogen-bond acceptors (Lipinski definition) is 3. The first-order chi connectivity index (χ1) is 8.74. The minimum absolute atomic E-state index is 0.104. The minimum atomic E-state index is -0.104. The van der Waals surface area contributed by atoms with Gasteiger partial charge in [0.1, 0.15) is 5.69 Å². The third-order valence-corrected chi connectivity index (χ3v) is 3.04. The standard InChI is InChI=1S/C12H15N5O/c13-8-3-11(17(6-8)10-1-2-10)12(18)15-5-9-4-14-7-16-9/h3-4,6-7,10H,1-2,5,13H2,(H,14,16)(H,15,18). The number of carbonyl (C=O) groups is 1. The summed E-state index contributed by atoms with van der Waals surface area (Å²) in [7, 11) is 0. The van der Waals surface area contributed by atoms with Crippen LogP contribution in [-0.4, -0.2) is 20.4 Å². The number of amides is 1. The van der Waals surface area contributed by atoms with Crippen LogP contribution in [0, 0.1) is 0 Å². The van der Waals surface area contributed by atoms with Gasteiger partial charge in [0, 0.05) is 18.4 Å². The number of nitrogens with two attached hydrogens (primary N) is 1. The third kappa shape index (κ3) is 2.09. The van der Waals surface area contributed by atoms with E-state index in [0.29, 0.717) is 24.0 Å². The number of nitrogens with one attached hydrogen (secondary N) is 2. The normalized spacial score (nSPS) is 14.7. The fourth-order valence-electron chi connectivity index (χ4n) is 1.98. The molecule has 0 atom stereocenters. The van der Waals surface area contributed by atoms with Crippen molar-refractivity contribution in [2.24, 2.45) is 0 Å². The Balaban J connectivity index is 1.71. The Kier molecular flexibility index (Phi) is 2.55. The summed E-state index contributed by atoms with van der Waals surface area (Å²) in [4.78, 5) is 18.9. The van der Waals surface area contributed by atoms with Crippen molar-refractivity contribution < 1.29 is 4.79 Å². The van der Waals surface area contributed by atoms with Crippen LogP contribution in [0.1, 0.15) is 35.1 Å². The minimum Gasteiger partial charge on any atom is -0.397 e. The van der Waals surface area contributed by atoms with Gasteiger partial charge in [-0.25, -0.2) is 4.98 Å². The molecule has 3 rings (SSSR count). The molecule has 0 bridgehead atoms. The van der Waals surface area contributed by atoms with Crippen LogP contribution >= 0.6 is 0 Å². The molecule has 4 N–H and O–H groups in total. The van der Waals surface area contributed by atoms with Crippen LogP contribution in [0.3, 0.4) is 0 Å². The van der Waals surface area contributed by atoms with Crippen molar-refractivity contribution in [3.63, 3.8) is 0 Å². The molecule has 2 aromatic rings. The first kappa shape index (κ1) is 10.9. The number of carbonyl (C=O) groups excluding carboxylic acids is 1. The van der Waals surface area contributed by atoms with E-state index in [1.54, 1.807) is 18.6 Å². The van der Waals surface area contributed by atoms with Gasteiger partial charge in [0.15, 0.2) is 0 Å². The molecule has 94 valence electrons. The molecule has 18 heavy (non-hydrogen) atoms. The number of hydrogen-bond donors (Lipinski definition) is 3. The highest BCUT2D eigenvalue weighted by atomic mass is 16.1. The molecule has 6 heteroatoms. The van der Waals surface area contributed by atoms with E-state index < -0.39 is 0 Å². The van der Waals surface area contributed by atoms with Crippen molar-refractivity contribution in [3.8, 4) is 0 Å². The van der Waals surface area contributed by atoms with E-state index in [1.807, 2.05) is 10.8 Å². The Labute approximate surface area is 104 Å². The fourth-order valence-corrected chi connectivity index (χ4v) is 1.98. The third-order valence-electron chi connectivity index (χ3n) is 3.04. The molecule has 1 saturated carbocycles. The van der Waals surface area contributed by atoms with Gasteiger partial charge in [-0.2, -0.15) is 0 Å². The molecule has 0 radical (unpaired) electrons. The zero-order valence-corrected chi connectivity index (χ0v) is 9.89. The summed E-state index contributed by atoms with van der Waals surface area (Å²) in [5.41, 5.74) is 7.90. The summed E-state index contributed by atoms with van der Waals surface area (Å²) in [6.07, 6.45) is 7.35. The molecule has 0 saturated heterocycles. The van der Waals surface area contributed by atoms with Crippen molar-refractivity contribution in [2.75, 3.05) is 5.73 Å². The Bertz CT molecular complexity index is 553. The van der Waals surface area contributed by atoms with Gasteiger partial charge in [-0.15, -0.1) is 0 Å². The second-order valence-electron chi connectivity index (χ2n) is 4.56. The van der Waals surface area contributed by atoms with Crippen molar-refractivity contribution >= 4 is 11.6 Å². The zero-order valence-electron chi connectivity index (χ0n) is 9.89. The molecular weight excluding hydrogens is 230 g/mol. The SMILES string of the molecule is Nc1cc(C(=O)NCc2cnc[nH]2)n(C2CC2)c1. The molecule has 2 aromatic heterocycles. The van der Waals surface area contributed by atoms with Crippen LogP contribution in [0.5, 0.6) is 0 Å². The summed E-state index contributed by atoms with van der Waals surface area (Å²) in [6, 6.07) is 2.16. The van der Waals surface area contributed by atoms with Crippen LogP contribution in [0.25, 0.3) is 0 Å². The molecule has 0 aromatic carbocycles. The first-order valence-electron chi connectivity index (χ1n) is 5.97. The summed E-state index contributed by atoms with van der Waals surface area (Å²) >= 11 is 0. The lowest BCUT2D eigenvalue weighted by atomic mass is 10.3. The van der Waals surface area contributed by atoms with E-state index in [2.05, 4.69) is 15.3 Å². The van der Waals surface area contributed by atoms with Crippen LogP contribution < -0.4 is 11.1 Å². The van der Waals surface area contributed by atoms with Crippen molar-refractivity contribution in [1.82, 2.24) is 19.9 Å². The first-order valence-corrected chi connectivity index (χ1v) is 5.97. The Morgan fingerprint density at radius 3 is 3.11 bits per heavy atom. The van der Waals surface area contributed by atoms with Crippen molar-refractivity contribution in [3.05, 3.63) is 36.2 Å². The predicted molar refractivity (Wildman–Crippen MR) is 66.9 cm³/mol. The smallest absolute Gasteiger partial charge is 0.268 e. The molecule has 0 aliphatic heterocycles. The van der Waals surface area contributed by atoms with E-state index in [0.717, 1.165) is 18.5 Å². The molecule has 0 unspecified atom stereocenters. The predicted octanol–water partition coefficient (Wildman–Crippen LogP) is 1.06. The number of aromatic amines is 1. The Morgan fingerprint density at radius 2 is 2.44 bits per heavy atom. The number of aromatic nitrogens is 3. The van der Waals surface area contributed by atoms with Gasteiger partial charge < -0.3 is 20.6 Å².